The van der Waals surface area contributed by atoms with E-state index in [-0.39, 0.29) is 6.61 Å². The van der Waals surface area contributed by atoms with Gasteiger partial charge in [0.05, 0.1) is 11.0 Å². The average molecular weight is 190 g/mol. The maximum absolute atomic E-state index is 9.19. The molecule has 0 amide bonds. The van der Waals surface area contributed by atoms with Gasteiger partial charge in [-0.05, 0) is 26.0 Å². The third-order valence-corrected chi connectivity index (χ3v) is 2.33. The Kier molecular flexibility index (Phi) is 2.25. The van der Waals surface area contributed by atoms with E-state index >= 15 is 0 Å². The highest BCUT2D eigenvalue weighted by Crippen LogP contribution is 2.20. The monoisotopic (exact) mass is 190 g/mol. The van der Waals surface area contributed by atoms with E-state index in [1.54, 1.807) is 0 Å². The number of nitrogens with zero attached hydrogens (tertiary/aromatic N) is 2. The van der Waals surface area contributed by atoms with Crippen LogP contribution in [0.4, 0.5) is 0 Å². The molecule has 0 saturated heterocycles. The van der Waals surface area contributed by atoms with Crippen LogP contribution >= 0.6 is 0 Å². The highest BCUT2D eigenvalue weighted by molar-refractivity contribution is 5.76. The van der Waals surface area contributed by atoms with E-state index in [1.807, 2.05) is 24.3 Å². The van der Waals surface area contributed by atoms with Crippen molar-refractivity contribution in [1.82, 2.24) is 9.55 Å². The van der Waals surface area contributed by atoms with Crippen molar-refractivity contribution >= 4 is 11.0 Å². The topological polar surface area (TPSA) is 38.0 Å². The number of fused-ring (bicyclic) bond motifs is 1. The number of hydrogen-bond donors (Lipinski definition) is 1. The Labute approximate surface area is 83.0 Å². The molecule has 0 aliphatic rings. The number of aliphatic hydroxyl groups excluding tert-OH is 1. The molecule has 1 N–H and O–H groups in total. The van der Waals surface area contributed by atoms with Crippen molar-refractivity contribution in [2.24, 2.45) is 0 Å². The van der Waals surface area contributed by atoms with Crippen molar-refractivity contribution in [3.05, 3.63) is 30.1 Å². The summed E-state index contributed by atoms with van der Waals surface area (Å²) in [6.45, 7) is 4.17. The maximum Gasteiger partial charge on any atom is 0.135 e. The standard InChI is InChI=1S/C11H14N2O/c1-8(2)13-10-6-4-3-5-9(10)12-11(13)7-14/h3-6,8,14H,7H2,1-2H3. The summed E-state index contributed by atoms with van der Waals surface area (Å²) < 4.78 is 2.06. The predicted molar refractivity (Wildman–Crippen MR) is 56.0 cm³/mol. The van der Waals surface area contributed by atoms with Crippen molar-refractivity contribution in [3.8, 4) is 0 Å². The minimum Gasteiger partial charge on any atom is -0.388 e. The molecular formula is C11H14N2O. The first-order valence-corrected chi connectivity index (χ1v) is 4.80. The molecular weight excluding hydrogens is 176 g/mol. The normalized spacial score (nSPS) is 11.4. The van der Waals surface area contributed by atoms with Crippen LogP contribution in [0.3, 0.4) is 0 Å². The Hall–Kier alpha value is -1.35. The summed E-state index contributed by atoms with van der Waals surface area (Å²) in [5.41, 5.74) is 2.04. The molecule has 1 aromatic carbocycles. The number of aromatic nitrogens is 2. The zero-order chi connectivity index (χ0) is 10.1. The molecule has 2 rings (SSSR count). The van der Waals surface area contributed by atoms with Gasteiger partial charge in [0, 0.05) is 6.04 Å². The van der Waals surface area contributed by atoms with E-state index in [0.29, 0.717) is 6.04 Å². The second kappa shape index (κ2) is 3.42. The fourth-order valence-corrected chi connectivity index (χ4v) is 1.78. The van der Waals surface area contributed by atoms with Gasteiger partial charge < -0.3 is 9.67 Å². The van der Waals surface area contributed by atoms with Crippen LogP contribution in [0, 0.1) is 0 Å². The first-order valence-electron chi connectivity index (χ1n) is 4.80. The lowest BCUT2D eigenvalue weighted by molar-refractivity contribution is 0.263. The smallest absolute Gasteiger partial charge is 0.135 e. The van der Waals surface area contributed by atoms with Crippen LogP contribution in [-0.2, 0) is 6.61 Å². The fourth-order valence-electron chi connectivity index (χ4n) is 1.78. The summed E-state index contributed by atoms with van der Waals surface area (Å²) in [5.74, 6) is 0.737. The highest BCUT2D eigenvalue weighted by atomic mass is 16.3. The lowest BCUT2D eigenvalue weighted by atomic mass is 10.3. The molecule has 0 atom stereocenters. The molecule has 74 valence electrons. The predicted octanol–water partition coefficient (Wildman–Crippen LogP) is 2.11. The van der Waals surface area contributed by atoms with Crippen molar-refractivity contribution in [2.75, 3.05) is 0 Å². The molecule has 0 fully saturated rings. The summed E-state index contributed by atoms with van der Waals surface area (Å²) >= 11 is 0. The molecule has 0 radical (unpaired) electrons. The number of imidazole rings is 1. The lowest BCUT2D eigenvalue weighted by Crippen LogP contribution is -2.05. The van der Waals surface area contributed by atoms with Gasteiger partial charge in [0.25, 0.3) is 0 Å². The summed E-state index contributed by atoms with van der Waals surface area (Å²) in [4.78, 5) is 4.37. The minimum absolute atomic E-state index is 0.00708. The van der Waals surface area contributed by atoms with E-state index in [4.69, 9.17) is 0 Å². The van der Waals surface area contributed by atoms with Crippen LogP contribution < -0.4 is 0 Å². The van der Waals surface area contributed by atoms with E-state index in [1.165, 1.54) is 0 Å². The van der Waals surface area contributed by atoms with E-state index in [9.17, 15) is 5.11 Å². The van der Waals surface area contributed by atoms with Crippen LogP contribution in [0.5, 0.6) is 0 Å². The molecule has 0 bridgehead atoms. The van der Waals surface area contributed by atoms with Gasteiger partial charge in [-0.1, -0.05) is 12.1 Å². The summed E-state index contributed by atoms with van der Waals surface area (Å²) in [6, 6.07) is 8.27. The summed E-state index contributed by atoms with van der Waals surface area (Å²) in [5, 5.41) is 9.19. The van der Waals surface area contributed by atoms with Crippen molar-refractivity contribution < 1.29 is 5.11 Å². The molecule has 0 spiro atoms. The van der Waals surface area contributed by atoms with Crippen LogP contribution in [0.2, 0.25) is 0 Å². The number of hydrogen-bond acceptors (Lipinski definition) is 2. The summed E-state index contributed by atoms with van der Waals surface area (Å²) in [7, 11) is 0. The molecule has 0 aliphatic heterocycles. The Morgan fingerprint density at radius 1 is 1.36 bits per heavy atom. The summed E-state index contributed by atoms with van der Waals surface area (Å²) in [6.07, 6.45) is 0. The molecule has 14 heavy (non-hydrogen) atoms. The van der Waals surface area contributed by atoms with Gasteiger partial charge >= 0.3 is 0 Å². The van der Waals surface area contributed by atoms with Crippen molar-refractivity contribution in [1.29, 1.82) is 0 Å². The third-order valence-electron chi connectivity index (χ3n) is 2.33. The lowest BCUT2D eigenvalue weighted by Gasteiger charge is -2.11. The Balaban J connectivity index is 2.74. The van der Waals surface area contributed by atoms with Crippen molar-refractivity contribution in [2.45, 2.75) is 26.5 Å². The Bertz CT molecular complexity index is 445. The minimum atomic E-state index is -0.00708. The van der Waals surface area contributed by atoms with Gasteiger partial charge in [-0.2, -0.15) is 0 Å². The molecule has 0 aliphatic carbocycles. The van der Waals surface area contributed by atoms with Gasteiger partial charge in [-0.15, -0.1) is 0 Å². The number of rotatable bonds is 2. The second-order valence-corrected chi connectivity index (χ2v) is 3.64. The third kappa shape index (κ3) is 1.30. The van der Waals surface area contributed by atoms with Gasteiger partial charge in [0.2, 0.25) is 0 Å². The van der Waals surface area contributed by atoms with E-state index < -0.39 is 0 Å². The SMILES string of the molecule is CC(C)n1c(CO)nc2ccccc21. The zero-order valence-corrected chi connectivity index (χ0v) is 8.44. The van der Waals surface area contributed by atoms with E-state index in [2.05, 4.69) is 23.4 Å². The van der Waals surface area contributed by atoms with Gasteiger partial charge in [0.15, 0.2) is 0 Å². The number of benzene rings is 1. The Morgan fingerprint density at radius 3 is 2.71 bits per heavy atom. The molecule has 0 saturated carbocycles. The van der Waals surface area contributed by atoms with Crippen LogP contribution in [0.25, 0.3) is 11.0 Å². The molecule has 3 heteroatoms. The number of para-hydroxylation sites is 2. The van der Waals surface area contributed by atoms with Gasteiger partial charge in [0.1, 0.15) is 12.4 Å². The van der Waals surface area contributed by atoms with Crippen molar-refractivity contribution in [3.63, 3.8) is 0 Å². The van der Waals surface area contributed by atoms with E-state index in [0.717, 1.165) is 16.9 Å². The zero-order valence-electron chi connectivity index (χ0n) is 8.44. The average Bonchev–Trinajstić information content (AvgIpc) is 2.55. The molecule has 0 unspecified atom stereocenters. The fraction of sp³-hybridized carbons (Fsp3) is 0.364. The Morgan fingerprint density at radius 2 is 2.07 bits per heavy atom. The molecule has 1 heterocycles. The first kappa shape index (κ1) is 9.21. The number of aliphatic hydroxyl groups is 1. The van der Waals surface area contributed by atoms with Crippen LogP contribution in [0.1, 0.15) is 25.7 Å². The quantitative estimate of drug-likeness (QED) is 0.787. The van der Waals surface area contributed by atoms with Crippen LogP contribution in [0.15, 0.2) is 24.3 Å². The molecule has 3 nitrogen and oxygen atoms in total. The second-order valence-electron chi connectivity index (χ2n) is 3.64. The molecule has 1 aromatic heterocycles. The highest BCUT2D eigenvalue weighted by Gasteiger charge is 2.10. The maximum atomic E-state index is 9.19. The largest absolute Gasteiger partial charge is 0.388 e. The molecule has 2 aromatic rings. The van der Waals surface area contributed by atoms with Gasteiger partial charge in [-0.25, -0.2) is 4.98 Å². The first-order chi connectivity index (χ1) is 6.74. The van der Waals surface area contributed by atoms with Crippen LogP contribution in [-0.4, -0.2) is 14.7 Å². The van der Waals surface area contributed by atoms with Gasteiger partial charge in [-0.3, -0.25) is 0 Å².